The van der Waals surface area contributed by atoms with Crippen LogP contribution in [0.4, 0.5) is 0 Å². The van der Waals surface area contributed by atoms with Crippen LogP contribution in [0.1, 0.15) is 40.5 Å². The van der Waals surface area contributed by atoms with Gasteiger partial charge in [0.25, 0.3) is 0 Å². The molecule has 1 atom stereocenters. The van der Waals surface area contributed by atoms with Crippen LogP contribution in [0.25, 0.3) is 0 Å². The molecule has 0 saturated heterocycles. The van der Waals surface area contributed by atoms with Crippen molar-refractivity contribution in [3.63, 3.8) is 0 Å². The van der Waals surface area contributed by atoms with Gasteiger partial charge in [-0.3, -0.25) is 9.59 Å². The fourth-order valence-corrected chi connectivity index (χ4v) is 1.56. The first-order chi connectivity index (χ1) is 7.43. The van der Waals surface area contributed by atoms with Crippen LogP contribution in [0.2, 0.25) is 0 Å². The van der Waals surface area contributed by atoms with E-state index in [2.05, 4.69) is 4.74 Å². The predicted octanol–water partition coefficient (Wildman–Crippen LogP) is 1.83. The van der Waals surface area contributed by atoms with E-state index in [1.54, 1.807) is 4.90 Å². The molecule has 16 heavy (non-hydrogen) atoms. The molecular formula is C12H23NO3. The Morgan fingerprint density at radius 1 is 1.25 bits per heavy atom. The minimum atomic E-state index is -0.370. The standard InChI is InChI=1S/C12H23NO3/c1-6-7-10(4)12(15)13(9(2)3)8-11(14)16-5/h9-10H,6-8H2,1-5H3. The predicted molar refractivity (Wildman–Crippen MR) is 62.9 cm³/mol. The van der Waals surface area contributed by atoms with Gasteiger partial charge < -0.3 is 9.64 Å². The Hall–Kier alpha value is -1.06. The lowest BCUT2D eigenvalue weighted by molar-refractivity contribution is -0.149. The summed E-state index contributed by atoms with van der Waals surface area (Å²) in [6, 6.07) is 0.0194. The zero-order valence-corrected chi connectivity index (χ0v) is 10.9. The summed E-state index contributed by atoms with van der Waals surface area (Å²) in [5, 5.41) is 0. The number of rotatable bonds is 6. The molecule has 0 N–H and O–H groups in total. The van der Waals surface area contributed by atoms with Crippen LogP contribution in [-0.4, -0.2) is 36.5 Å². The second-order valence-electron chi connectivity index (χ2n) is 4.33. The maximum Gasteiger partial charge on any atom is 0.325 e. The van der Waals surface area contributed by atoms with Gasteiger partial charge in [0, 0.05) is 12.0 Å². The summed E-state index contributed by atoms with van der Waals surface area (Å²) in [6.45, 7) is 7.79. The molecule has 0 aromatic rings. The Labute approximate surface area is 98.0 Å². The third-order valence-electron chi connectivity index (χ3n) is 2.58. The van der Waals surface area contributed by atoms with E-state index in [1.807, 2.05) is 27.7 Å². The van der Waals surface area contributed by atoms with Gasteiger partial charge in [-0.1, -0.05) is 20.3 Å². The van der Waals surface area contributed by atoms with Crippen molar-refractivity contribution in [2.75, 3.05) is 13.7 Å². The molecule has 4 nitrogen and oxygen atoms in total. The maximum atomic E-state index is 12.0. The van der Waals surface area contributed by atoms with E-state index in [9.17, 15) is 9.59 Å². The molecule has 0 aliphatic carbocycles. The van der Waals surface area contributed by atoms with Crippen molar-refractivity contribution < 1.29 is 14.3 Å². The summed E-state index contributed by atoms with van der Waals surface area (Å²) >= 11 is 0. The molecule has 0 radical (unpaired) electrons. The summed E-state index contributed by atoms with van der Waals surface area (Å²) < 4.78 is 4.59. The molecule has 0 aromatic heterocycles. The number of hydrogen-bond acceptors (Lipinski definition) is 3. The summed E-state index contributed by atoms with van der Waals surface area (Å²) in [6.07, 6.45) is 1.82. The Balaban J connectivity index is 4.52. The van der Waals surface area contributed by atoms with Gasteiger partial charge in [-0.05, 0) is 20.3 Å². The number of carbonyl (C=O) groups excluding carboxylic acids is 2. The number of amides is 1. The third-order valence-corrected chi connectivity index (χ3v) is 2.58. The van der Waals surface area contributed by atoms with E-state index in [4.69, 9.17) is 0 Å². The van der Waals surface area contributed by atoms with Gasteiger partial charge in [0.05, 0.1) is 7.11 Å². The van der Waals surface area contributed by atoms with Crippen molar-refractivity contribution in [3.05, 3.63) is 0 Å². The molecule has 0 aromatic carbocycles. The Bertz CT molecular complexity index is 238. The van der Waals surface area contributed by atoms with E-state index >= 15 is 0 Å². The minimum absolute atomic E-state index is 0.0194. The molecule has 0 heterocycles. The Morgan fingerprint density at radius 2 is 1.81 bits per heavy atom. The molecule has 0 aliphatic heterocycles. The lowest BCUT2D eigenvalue weighted by Crippen LogP contribution is -2.43. The smallest absolute Gasteiger partial charge is 0.325 e. The van der Waals surface area contributed by atoms with E-state index in [0.717, 1.165) is 12.8 Å². The molecule has 0 rings (SSSR count). The lowest BCUT2D eigenvalue weighted by Gasteiger charge is -2.28. The summed E-state index contributed by atoms with van der Waals surface area (Å²) in [5.74, 6) is -0.370. The van der Waals surface area contributed by atoms with Gasteiger partial charge in [-0.15, -0.1) is 0 Å². The van der Waals surface area contributed by atoms with Crippen molar-refractivity contribution in [3.8, 4) is 0 Å². The normalized spacial score (nSPS) is 12.4. The number of ether oxygens (including phenoxy) is 1. The van der Waals surface area contributed by atoms with Crippen molar-refractivity contribution >= 4 is 11.9 Å². The van der Waals surface area contributed by atoms with Crippen LogP contribution >= 0.6 is 0 Å². The highest BCUT2D eigenvalue weighted by molar-refractivity contribution is 5.83. The average molecular weight is 229 g/mol. The van der Waals surface area contributed by atoms with Gasteiger partial charge in [0.1, 0.15) is 6.54 Å². The molecular weight excluding hydrogens is 206 g/mol. The van der Waals surface area contributed by atoms with E-state index in [-0.39, 0.29) is 30.4 Å². The number of hydrogen-bond donors (Lipinski definition) is 0. The van der Waals surface area contributed by atoms with E-state index in [1.165, 1.54) is 7.11 Å². The SMILES string of the molecule is CCCC(C)C(=O)N(CC(=O)OC)C(C)C. The van der Waals surface area contributed by atoms with E-state index < -0.39 is 0 Å². The van der Waals surface area contributed by atoms with Crippen LogP contribution in [-0.2, 0) is 14.3 Å². The monoisotopic (exact) mass is 229 g/mol. The molecule has 1 unspecified atom stereocenters. The Kier molecular flexibility index (Phi) is 6.77. The van der Waals surface area contributed by atoms with Crippen LogP contribution in [0, 0.1) is 5.92 Å². The molecule has 0 bridgehead atoms. The third kappa shape index (κ3) is 4.64. The van der Waals surface area contributed by atoms with Crippen molar-refractivity contribution in [2.24, 2.45) is 5.92 Å². The van der Waals surface area contributed by atoms with Crippen LogP contribution in [0.3, 0.4) is 0 Å². The molecule has 94 valence electrons. The largest absolute Gasteiger partial charge is 0.468 e. The molecule has 0 fully saturated rings. The summed E-state index contributed by atoms with van der Waals surface area (Å²) in [5.41, 5.74) is 0. The minimum Gasteiger partial charge on any atom is -0.468 e. The second-order valence-corrected chi connectivity index (χ2v) is 4.33. The van der Waals surface area contributed by atoms with Gasteiger partial charge in [-0.25, -0.2) is 0 Å². The lowest BCUT2D eigenvalue weighted by atomic mass is 10.0. The maximum absolute atomic E-state index is 12.0. The summed E-state index contributed by atoms with van der Waals surface area (Å²) in [7, 11) is 1.33. The zero-order valence-electron chi connectivity index (χ0n) is 10.9. The zero-order chi connectivity index (χ0) is 12.7. The van der Waals surface area contributed by atoms with Gasteiger partial charge >= 0.3 is 5.97 Å². The quantitative estimate of drug-likeness (QED) is 0.653. The van der Waals surface area contributed by atoms with E-state index in [0.29, 0.717) is 0 Å². The molecule has 4 heteroatoms. The fourth-order valence-electron chi connectivity index (χ4n) is 1.56. The van der Waals surface area contributed by atoms with Crippen molar-refractivity contribution in [1.29, 1.82) is 0 Å². The number of carbonyl (C=O) groups is 2. The first-order valence-electron chi connectivity index (χ1n) is 5.81. The summed E-state index contributed by atoms with van der Waals surface area (Å²) in [4.78, 5) is 24.8. The highest BCUT2D eigenvalue weighted by Crippen LogP contribution is 2.12. The van der Waals surface area contributed by atoms with Gasteiger partial charge in [0.15, 0.2) is 0 Å². The highest BCUT2D eigenvalue weighted by atomic mass is 16.5. The van der Waals surface area contributed by atoms with Gasteiger partial charge in [0.2, 0.25) is 5.91 Å². The fraction of sp³-hybridized carbons (Fsp3) is 0.833. The second kappa shape index (κ2) is 7.25. The molecule has 0 spiro atoms. The molecule has 0 saturated carbocycles. The first kappa shape index (κ1) is 14.9. The Morgan fingerprint density at radius 3 is 2.19 bits per heavy atom. The molecule has 1 amide bonds. The van der Waals surface area contributed by atoms with Crippen LogP contribution in [0.15, 0.2) is 0 Å². The highest BCUT2D eigenvalue weighted by Gasteiger charge is 2.24. The van der Waals surface area contributed by atoms with Crippen molar-refractivity contribution in [1.82, 2.24) is 4.90 Å². The van der Waals surface area contributed by atoms with Crippen molar-refractivity contribution in [2.45, 2.75) is 46.6 Å². The number of methoxy groups -OCH3 is 1. The van der Waals surface area contributed by atoms with Crippen LogP contribution < -0.4 is 0 Å². The number of nitrogens with zero attached hydrogens (tertiary/aromatic N) is 1. The average Bonchev–Trinajstić information content (AvgIpc) is 2.24. The molecule has 0 aliphatic rings. The number of esters is 1. The van der Waals surface area contributed by atoms with Gasteiger partial charge in [-0.2, -0.15) is 0 Å². The first-order valence-corrected chi connectivity index (χ1v) is 5.81. The van der Waals surface area contributed by atoms with Crippen LogP contribution in [0.5, 0.6) is 0 Å². The topological polar surface area (TPSA) is 46.6 Å².